The summed E-state index contributed by atoms with van der Waals surface area (Å²) in [5, 5.41) is 13.7. The molecule has 1 aromatic heterocycles. The van der Waals surface area contributed by atoms with Gasteiger partial charge in [0, 0.05) is 19.2 Å². The van der Waals surface area contributed by atoms with Gasteiger partial charge in [0.05, 0.1) is 6.61 Å². The van der Waals surface area contributed by atoms with Crippen molar-refractivity contribution in [3.8, 4) is 16.9 Å². The quantitative estimate of drug-likeness (QED) is 0.636. The van der Waals surface area contributed by atoms with E-state index in [1.54, 1.807) is 31.2 Å². The molecule has 2 aromatic rings. The van der Waals surface area contributed by atoms with Crippen LogP contribution in [-0.4, -0.2) is 34.7 Å². The lowest BCUT2D eigenvalue weighted by Crippen LogP contribution is -2.33. The first-order chi connectivity index (χ1) is 13.2. The fraction of sp³-hybridized carbons (Fsp3) is 0.350. The predicted molar refractivity (Wildman–Crippen MR) is 104 cm³/mol. The number of carbonyl (C=O) groups excluding carboxylic acids is 1. The van der Waals surface area contributed by atoms with Crippen molar-refractivity contribution < 1.29 is 23.8 Å². The van der Waals surface area contributed by atoms with Crippen molar-refractivity contribution in [2.45, 2.75) is 33.2 Å². The molecule has 0 radical (unpaired) electrons. The number of nitrogens with zero attached hydrogens (tertiary/aromatic N) is 1. The summed E-state index contributed by atoms with van der Waals surface area (Å²) in [5.74, 6) is -0.170. The Bertz CT molecular complexity index is 844. The lowest BCUT2D eigenvalue weighted by atomic mass is 10.0. The highest BCUT2D eigenvalue weighted by molar-refractivity contribution is 5.88. The van der Waals surface area contributed by atoms with Crippen LogP contribution < -0.4 is 15.4 Å². The molecule has 0 fully saturated rings. The SMILES string of the molecule is CC(=O)Nc1cc(-c2ccc(OCC(C)CC(C)NC(=O)O)c(F)c2)ccn1. The van der Waals surface area contributed by atoms with Gasteiger partial charge in [-0.25, -0.2) is 14.2 Å². The smallest absolute Gasteiger partial charge is 0.404 e. The normalized spacial score (nSPS) is 12.7. The lowest BCUT2D eigenvalue weighted by molar-refractivity contribution is -0.114. The Morgan fingerprint density at radius 3 is 2.57 bits per heavy atom. The number of rotatable bonds is 8. The summed E-state index contributed by atoms with van der Waals surface area (Å²) < 4.78 is 20.0. The van der Waals surface area contributed by atoms with E-state index in [2.05, 4.69) is 15.6 Å². The molecule has 2 rings (SSSR count). The van der Waals surface area contributed by atoms with Gasteiger partial charge in [-0.15, -0.1) is 0 Å². The van der Waals surface area contributed by atoms with Crippen molar-refractivity contribution in [3.63, 3.8) is 0 Å². The van der Waals surface area contributed by atoms with Crippen LogP contribution in [0.3, 0.4) is 0 Å². The average molecular weight is 389 g/mol. The molecule has 1 heterocycles. The van der Waals surface area contributed by atoms with E-state index in [9.17, 15) is 14.0 Å². The lowest BCUT2D eigenvalue weighted by Gasteiger charge is -2.18. The third kappa shape index (κ3) is 6.53. The maximum Gasteiger partial charge on any atom is 0.404 e. The van der Waals surface area contributed by atoms with Gasteiger partial charge in [0.1, 0.15) is 5.82 Å². The first-order valence-electron chi connectivity index (χ1n) is 8.90. The third-order valence-corrected chi connectivity index (χ3v) is 3.98. The van der Waals surface area contributed by atoms with E-state index in [1.165, 1.54) is 19.2 Å². The monoisotopic (exact) mass is 389 g/mol. The largest absolute Gasteiger partial charge is 0.490 e. The molecule has 0 aliphatic carbocycles. The first kappa shape index (κ1) is 21.1. The number of hydrogen-bond acceptors (Lipinski definition) is 4. The second kappa shape index (κ2) is 9.68. The van der Waals surface area contributed by atoms with E-state index in [4.69, 9.17) is 9.84 Å². The molecule has 2 atom stereocenters. The number of nitrogens with one attached hydrogen (secondary N) is 2. The maximum atomic E-state index is 14.4. The second-order valence-electron chi connectivity index (χ2n) is 6.76. The molecule has 0 aliphatic rings. The molecule has 2 unspecified atom stereocenters. The summed E-state index contributed by atoms with van der Waals surface area (Å²) in [6.07, 6.45) is 1.05. The summed E-state index contributed by atoms with van der Waals surface area (Å²) in [5.41, 5.74) is 1.34. The molecule has 3 N–H and O–H groups in total. The van der Waals surface area contributed by atoms with E-state index in [1.807, 2.05) is 6.92 Å². The predicted octanol–water partition coefficient (Wildman–Crippen LogP) is 3.91. The highest BCUT2D eigenvalue weighted by Crippen LogP contribution is 2.27. The van der Waals surface area contributed by atoms with Crippen LogP contribution in [0.5, 0.6) is 5.75 Å². The number of aromatic nitrogens is 1. The van der Waals surface area contributed by atoms with Crippen molar-refractivity contribution in [1.29, 1.82) is 0 Å². The molecule has 0 bridgehead atoms. The molecule has 2 amide bonds. The fourth-order valence-corrected chi connectivity index (χ4v) is 2.83. The minimum Gasteiger partial charge on any atom is -0.490 e. The highest BCUT2D eigenvalue weighted by atomic mass is 19.1. The summed E-state index contributed by atoms with van der Waals surface area (Å²) in [6.45, 7) is 5.33. The van der Waals surface area contributed by atoms with E-state index >= 15 is 0 Å². The van der Waals surface area contributed by atoms with Crippen molar-refractivity contribution >= 4 is 17.8 Å². The van der Waals surface area contributed by atoms with E-state index in [-0.39, 0.29) is 30.2 Å². The van der Waals surface area contributed by atoms with Crippen LogP contribution in [0.25, 0.3) is 11.1 Å². The number of pyridine rings is 1. The number of halogens is 1. The van der Waals surface area contributed by atoms with Crippen LogP contribution in [0.2, 0.25) is 0 Å². The number of hydrogen-bond donors (Lipinski definition) is 3. The van der Waals surface area contributed by atoms with Crippen LogP contribution in [-0.2, 0) is 4.79 Å². The second-order valence-corrected chi connectivity index (χ2v) is 6.76. The third-order valence-electron chi connectivity index (χ3n) is 3.98. The Morgan fingerprint density at radius 1 is 1.21 bits per heavy atom. The zero-order valence-electron chi connectivity index (χ0n) is 16.0. The van der Waals surface area contributed by atoms with Gasteiger partial charge in [0.2, 0.25) is 5.91 Å². The minimum absolute atomic E-state index is 0.0429. The molecule has 0 saturated carbocycles. The van der Waals surface area contributed by atoms with E-state index in [0.717, 1.165) is 0 Å². The van der Waals surface area contributed by atoms with Crippen molar-refractivity contribution in [3.05, 3.63) is 42.3 Å². The standard InChI is InChI=1S/C20H24FN3O4/c1-12(8-13(2)23-20(26)27)11-28-18-5-4-15(9-17(18)21)16-6-7-22-19(10-16)24-14(3)25/h4-7,9-10,12-13,23H,8,11H2,1-3H3,(H,26,27)(H,22,24,25). The summed E-state index contributed by atoms with van der Waals surface area (Å²) >= 11 is 0. The molecule has 28 heavy (non-hydrogen) atoms. The molecule has 7 nitrogen and oxygen atoms in total. The molecule has 0 aliphatic heterocycles. The minimum atomic E-state index is -1.07. The zero-order chi connectivity index (χ0) is 20.7. The number of benzene rings is 1. The number of carboxylic acid groups (broad SMARTS) is 1. The Labute approximate surface area is 162 Å². The van der Waals surface area contributed by atoms with Crippen LogP contribution in [0.15, 0.2) is 36.5 Å². The van der Waals surface area contributed by atoms with E-state index in [0.29, 0.717) is 23.4 Å². The zero-order valence-corrected chi connectivity index (χ0v) is 16.0. The van der Waals surface area contributed by atoms with E-state index < -0.39 is 11.9 Å². The Kier molecular flexibility index (Phi) is 7.31. The molecular weight excluding hydrogens is 365 g/mol. The van der Waals surface area contributed by atoms with Gasteiger partial charge in [-0.1, -0.05) is 13.0 Å². The van der Waals surface area contributed by atoms with Gasteiger partial charge in [-0.3, -0.25) is 4.79 Å². The Balaban J connectivity index is 2.00. The van der Waals surface area contributed by atoms with Gasteiger partial charge in [-0.05, 0) is 54.7 Å². The first-order valence-corrected chi connectivity index (χ1v) is 8.90. The van der Waals surface area contributed by atoms with Crippen molar-refractivity contribution in [1.82, 2.24) is 10.3 Å². The topological polar surface area (TPSA) is 101 Å². The molecule has 8 heteroatoms. The van der Waals surface area contributed by atoms with Gasteiger partial charge in [0.25, 0.3) is 0 Å². The Hall–Kier alpha value is -3.16. The number of carbonyl (C=O) groups is 2. The van der Waals surface area contributed by atoms with Crippen LogP contribution in [0, 0.1) is 11.7 Å². The molecule has 150 valence electrons. The Morgan fingerprint density at radius 2 is 1.93 bits per heavy atom. The van der Waals surface area contributed by atoms with Gasteiger partial charge >= 0.3 is 6.09 Å². The number of amides is 2. The molecular formula is C20H24FN3O4. The number of ether oxygens (including phenoxy) is 1. The highest BCUT2D eigenvalue weighted by Gasteiger charge is 2.13. The summed E-state index contributed by atoms with van der Waals surface area (Å²) in [6, 6.07) is 7.81. The van der Waals surface area contributed by atoms with Crippen LogP contribution in [0.4, 0.5) is 15.0 Å². The van der Waals surface area contributed by atoms with Gasteiger partial charge in [0.15, 0.2) is 11.6 Å². The van der Waals surface area contributed by atoms with Crippen LogP contribution >= 0.6 is 0 Å². The maximum absolute atomic E-state index is 14.4. The van der Waals surface area contributed by atoms with Gasteiger partial charge in [-0.2, -0.15) is 0 Å². The van der Waals surface area contributed by atoms with Gasteiger partial charge < -0.3 is 20.5 Å². The van der Waals surface area contributed by atoms with Crippen molar-refractivity contribution in [2.24, 2.45) is 5.92 Å². The van der Waals surface area contributed by atoms with Crippen molar-refractivity contribution in [2.75, 3.05) is 11.9 Å². The molecule has 1 aromatic carbocycles. The van der Waals surface area contributed by atoms with Crippen LogP contribution in [0.1, 0.15) is 27.2 Å². The average Bonchev–Trinajstić information content (AvgIpc) is 2.59. The summed E-state index contributed by atoms with van der Waals surface area (Å²) in [7, 11) is 0. The fourth-order valence-electron chi connectivity index (χ4n) is 2.83. The molecule has 0 saturated heterocycles. The number of anilines is 1. The molecule has 0 spiro atoms. The summed E-state index contributed by atoms with van der Waals surface area (Å²) in [4.78, 5) is 25.8.